The summed E-state index contributed by atoms with van der Waals surface area (Å²) in [5, 5.41) is 0.571. The Labute approximate surface area is 81.4 Å². The summed E-state index contributed by atoms with van der Waals surface area (Å²) in [5.74, 6) is 1.39. The molecule has 1 aliphatic heterocycles. The van der Waals surface area contributed by atoms with Crippen molar-refractivity contribution in [3.8, 4) is 11.5 Å². The first-order valence-electron chi connectivity index (χ1n) is 3.98. The minimum Gasteiger partial charge on any atom is -0.495 e. The summed E-state index contributed by atoms with van der Waals surface area (Å²) in [6, 6.07) is 3.50. The lowest BCUT2D eigenvalue weighted by molar-refractivity contribution is 0.331. The van der Waals surface area contributed by atoms with Crippen LogP contribution in [-0.4, -0.2) is 13.7 Å². The monoisotopic (exact) mass is 199 g/mol. The Morgan fingerprint density at radius 2 is 2.38 bits per heavy atom. The molecule has 0 bridgehead atoms. The summed E-state index contributed by atoms with van der Waals surface area (Å²) in [6.45, 7) is 0.513. The topological polar surface area (TPSA) is 44.5 Å². The van der Waals surface area contributed by atoms with Crippen LogP contribution in [0.5, 0.6) is 11.5 Å². The summed E-state index contributed by atoms with van der Waals surface area (Å²) in [5.41, 5.74) is 6.73. The van der Waals surface area contributed by atoms with Gasteiger partial charge in [0.15, 0.2) is 0 Å². The lowest BCUT2D eigenvalue weighted by Gasteiger charge is -2.06. The number of fused-ring (bicyclic) bond motifs is 1. The smallest absolute Gasteiger partial charge is 0.141 e. The lowest BCUT2D eigenvalue weighted by atomic mass is 10.1. The quantitative estimate of drug-likeness (QED) is 0.750. The Morgan fingerprint density at radius 1 is 1.62 bits per heavy atom. The van der Waals surface area contributed by atoms with Gasteiger partial charge in [-0.05, 0) is 6.07 Å². The van der Waals surface area contributed by atoms with E-state index in [4.69, 9.17) is 26.8 Å². The highest BCUT2D eigenvalue weighted by Crippen LogP contribution is 2.38. The van der Waals surface area contributed by atoms with Crippen molar-refractivity contribution in [3.05, 3.63) is 22.7 Å². The van der Waals surface area contributed by atoms with Gasteiger partial charge in [0.2, 0.25) is 0 Å². The third-order valence-electron chi connectivity index (χ3n) is 2.10. The van der Waals surface area contributed by atoms with Gasteiger partial charge in [0.25, 0.3) is 0 Å². The lowest BCUT2D eigenvalue weighted by Crippen LogP contribution is -2.10. The van der Waals surface area contributed by atoms with Gasteiger partial charge >= 0.3 is 0 Å². The van der Waals surface area contributed by atoms with E-state index in [0.717, 1.165) is 11.3 Å². The average Bonchev–Trinajstić information content (AvgIpc) is 2.47. The molecule has 0 aliphatic carbocycles. The number of methoxy groups -OCH3 is 1. The molecule has 3 nitrogen and oxygen atoms in total. The van der Waals surface area contributed by atoms with Gasteiger partial charge in [0, 0.05) is 11.6 Å². The SMILES string of the molecule is COc1cc2c(cc1Cl)C(N)CO2. The molecule has 1 heterocycles. The van der Waals surface area contributed by atoms with E-state index in [9.17, 15) is 0 Å². The fraction of sp³-hybridized carbons (Fsp3) is 0.333. The number of hydrogen-bond donors (Lipinski definition) is 1. The van der Waals surface area contributed by atoms with Gasteiger partial charge in [-0.2, -0.15) is 0 Å². The Bertz CT molecular complexity index is 341. The van der Waals surface area contributed by atoms with E-state index in [1.165, 1.54) is 0 Å². The van der Waals surface area contributed by atoms with Gasteiger partial charge in [-0.3, -0.25) is 0 Å². The number of hydrogen-bond acceptors (Lipinski definition) is 3. The molecule has 0 fully saturated rings. The van der Waals surface area contributed by atoms with Gasteiger partial charge in [-0.1, -0.05) is 11.6 Å². The summed E-state index contributed by atoms with van der Waals surface area (Å²) in [6.07, 6.45) is 0. The molecule has 2 rings (SSSR count). The van der Waals surface area contributed by atoms with Crippen molar-refractivity contribution < 1.29 is 9.47 Å². The van der Waals surface area contributed by atoms with Crippen LogP contribution in [0.1, 0.15) is 11.6 Å². The third-order valence-corrected chi connectivity index (χ3v) is 2.40. The van der Waals surface area contributed by atoms with Gasteiger partial charge < -0.3 is 15.2 Å². The molecule has 1 aliphatic rings. The zero-order chi connectivity index (χ0) is 9.42. The highest BCUT2D eigenvalue weighted by atomic mass is 35.5. The van der Waals surface area contributed by atoms with Gasteiger partial charge in [-0.25, -0.2) is 0 Å². The minimum absolute atomic E-state index is 0.0709. The minimum atomic E-state index is -0.0709. The number of rotatable bonds is 1. The van der Waals surface area contributed by atoms with Crippen LogP contribution in [0.4, 0.5) is 0 Å². The van der Waals surface area contributed by atoms with E-state index >= 15 is 0 Å². The number of ether oxygens (including phenoxy) is 2. The molecular formula is C9H10ClNO2. The first kappa shape index (κ1) is 8.66. The second-order valence-corrected chi connectivity index (χ2v) is 3.35. The molecule has 4 heteroatoms. The van der Waals surface area contributed by atoms with Gasteiger partial charge in [0.05, 0.1) is 18.2 Å². The van der Waals surface area contributed by atoms with E-state index in [-0.39, 0.29) is 6.04 Å². The van der Waals surface area contributed by atoms with Crippen LogP contribution >= 0.6 is 11.6 Å². The summed E-state index contributed by atoms with van der Waals surface area (Å²) >= 11 is 5.94. The average molecular weight is 200 g/mol. The Hall–Kier alpha value is -0.930. The Balaban J connectivity index is 2.50. The van der Waals surface area contributed by atoms with Crippen LogP contribution in [-0.2, 0) is 0 Å². The van der Waals surface area contributed by atoms with Crippen molar-refractivity contribution in [1.82, 2.24) is 0 Å². The van der Waals surface area contributed by atoms with Crippen molar-refractivity contribution >= 4 is 11.6 Å². The molecule has 1 aromatic carbocycles. The molecule has 2 N–H and O–H groups in total. The van der Waals surface area contributed by atoms with E-state index in [2.05, 4.69) is 0 Å². The number of nitrogens with two attached hydrogens (primary N) is 1. The highest BCUT2D eigenvalue weighted by Gasteiger charge is 2.22. The Kier molecular flexibility index (Phi) is 2.06. The second kappa shape index (κ2) is 3.09. The molecule has 0 saturated heterocycles. The zero-order valence-corrected chi connectivity index (χ0v) is 7.97. The summed E-state index contributed by atoms with van der Waals surface area (Å²) in [7, 11) is 1.57. The molecule has 1 atom stereocenters. The molecule has 0 amide bonds. The predicted molar refractivity (Wildman–Crippen MR) is 50.4 cm³/mol. The number of benzene rings is 1. The molecule has 13 heavy (non-hydrogen) atoms. The normalized spacial score (nSPS) is 19.5. The standard InChI is InChI=1S/C9H10ClNO2/c1-12-9-3-8-5(2-6(9)10)7(11)4-13-8/h2-3,7H,4,11H2,1H3. The first-order chi connectivity index (χ1) is 6.22. The number of halogens is 1. The maximum absolute atomic E-state index is 5.94. The molecule has 1 unspecified atom stereocenters. The molecule has 0 saturated carbocycles. The van der Waals surface area contributed by atoms with Crippen LogP contribution < -0.4 is 15.2 Å². The summed E-state index contributed by atoms with van der Waals surface area (Å²) in [4.78, 5) is 0. The van der Waals surface area contributed by atoms with Crippen molar-refractivity contribution in [3.63, 3.8) is 0 Å². The molecule has 1 aromatic rings. The van der Waals surface area contributed by atoms with Gasteiger partial charge in [-0.15, -0.1) is 0 Å². The third kappa shape index (κ3) is 1.34. The van der Waals surface area contributed by atoms with Crippen LogP contribution in [0.2, 0.25) is 5.02 Å². The highest BCUT2D eigenvalue weighted by molar-refractivity contribution is 6.32. The van der Waals surface area contributed by atoms with Crippen LogP contribution in [0.3, 0.4) is 0 Å². The first-order valence-corrected chi connectivity index (χ1v) is 4.36. The van der Waals surface area contributed by atoms with Crippen molar-refractivity contribution in [2.45, 2.75) is 6.04 Å². The van der Waals surface area contributed by atoms with Crippen LogP contribution in [0.25, 0.3) is 0 Å². The maximum atomic E-state index is 5.94. The van der Waals surface area contributed by atoms with E-state index < -0.39 is 0 Å². The van der Waals surface area contributed by atoms with Gasteiger partial charge in [0.1, 0.15) is 18.1 Å². The molecule has 0 spiro atoms. The predicted octanol–water partition coefficient (Wildman–Crippen LogP) is 1.74. The van der Waals surface area contributed by atoms with Crippen LogP contribution in [0.15, 0.2) is 12.1 Å². The van der Waals surface area contributed by atoms with Crippen molar-refractivity contribution in [2.24, 2.45) is 5.73 Å². The van der Waals surface area contributed by atoms with Crippen molar-refractivity contribution in [1.29, 1.82) is 0 Å². The zero-order valence-electron chi connectivity index (χ0n) is 7.21. The maximum Gasteiger partial charge on any atom is 0.141 e. The summed E-state index contributed by atoms with van der Waals surface area (Å²) < 4.78 is 10.4. The Morgan fingerprint density at radius 3 is 3.08 bits per heavy atom. The van der Waals surface area contributed by atoms with E-state index in [1.807, 2.05) is 0 Å². The van der Waals surface area contributed by atoms with Crippen LogP contribution in [0, 0.1) is 0 Å². The van der Waals surface area contributed by atoms with E-state index in [0.29, 0.717) is 17.4 Å². The van der Waals surface area contributed by atoms with E-state index in [1.54, 1.807) is 19.2 Å². The fourth-order valence-corrected chi connectivity index (χ4v) is 1.64. The molecule has 0 radical (unpaired) electrons. The molecule has 0 aromatic heterocycles. The fourth-order valence-electron chi connectivity index (χ4n) is 1.39. The molecule has 70 valence electrons. The largest absolute Gasteiger partial charge is 0.495 e. The molecular weight excluding hydrogens is 190 g/mol. The second-order valence-electron chi connectivity index (χ2n) is 2.94. The van der Waals surface area contributed by atoms with Crippen molar-refractivity contribution in [2.75, 3.05) is 13.7 Å².